The molecule has 4 rings (SSSR count). The molecule has 1 saturated heterocycles. The van der Waals surface area contributed by atoms with E-state index in [4.69, 9.17) is 26.3 Å². The smallest absolute Gasteiger partial charge is 0.161 e. The van der Waals surface area contributed by atoms with Crippen molar-refractivity contribution in [3.8, 4) is 11.4 Å². The Hall–Kier alpha value is -1.69. The summed E-state index contributed by atoms with van der Waals surface area (Å²) in [4.78, 5) is 12.2. The van der Waals surface area contributed by atoms with Crippen LogP contribution < -0.4 is 4.90 Å². The van der Waals surface area contributed by atoms with Crippen LogP contribution in [0.15, 0.2) is 24.3 Å². The summed E-state index contributed by atoms with van der Waals surface area (Å²) in [5.74, 6) is 1.75. The van der Waals surface area contributed by atoms with E-state index in [9.17, 15) is 5.11 Å². The number of rotatable bonds is 4. The summed E-state index contributed by atoms with van der Waals surface area (Å²) >= 11 is 6.20. The van der Waals surface area contributed by atoms with Gasteiger partial charge in [0.2, 0.25) is 0 Å². The van der Waals surface area contributed by atoms with Gasteiger partial charge in [-0.1, -0.05) is 23.7 Å². The number of morpholine rings is 1. The summed E-state index contributed by atoms with van der Waals surface area (Å²) in [5, 5.41) is 10.6. The third kappa shape index (κ3) is 4.10. The van der Waals surface area contributed by atoms with E-state index in [2.05, 4.69) is 4.90 Å². The molecule has 2 aromatic rings. The van der Waals surface area contributed by atoms with Gasteiger partial charge in [-0.15, -0.1) is 0 Å². The molecule has 2 unspecified atom stereocenters. The molecule has 1 fully saturated rings. The largest absolute Gasteiger partial charge is 0.393 e. The minimum absolute atomic E-state index is 0.131. The molecular formula is C21H26ClN3O2. The van der Waals surface area contributed by atoms with E-state index in [0.717, 1.165) is 42.3 Å². The van der Waals surface area contributed by atoms with E-state index >= 15 is 0 Å². The molecule has 2 heterocycles. The van der Waals surface area contributed by atoms with Crippen LogP contribution in [0, 0.1) is 0 Å². The maximum absolute atomic E-state index is 9.94. The van der Waals surface area contributed by atoms with Crippen LogP contribution in [0.5, 0.6) is 0 Å². The predicted molar refractivity (Wildman–Crippen MR) is 107 cm³/mol. The van der Waals surface area contributed by atoms with Gasteiger partial charge < -0.3 is 14.7 Å². The molecular weight excluding hydrogens is 362 g/mol. The Bertz CT molecular complexity index is 812. The summed E-state index contributed by atoms with van der Waals surface area (Å²) in [6.07, 6.45) is 4.64. The number of aliphatic hydroxyl groups is 1. The number of halogens is 1. The Kier molecular flexibility index (Phi) is 5.62. The van der Waals surface area contributed by atoms with Gasteiger partial charge in [0.1, 0.15) is 5.82 Å². The van der Waals surface area contributed by atoms with Crippen molar-refractivity contribution < 1.29 is 9.84 Å². The normalized spacial score (nSPS) is 21.0. The summed E-state index contributed by atoms with van der Waals surface area (Å²) in [5.41, 5.74) is 3.37. The molecule has 0 radical (unpaired) electrons. The van der Waals surface area contributed by atoms with Gasteiger partial charge in [-0.05, 0) is 51.2 Å². The molecule has 2 aliphatic rings. The molecule has 1 N–H and O–H groups in total. The first-order valence-corrected chi connectivity index (χ1v) is 10.2. The Morgan fingerprint density at radius 3 is 2.96 bits per heavy atom. The lowest BCUT2D eigenvalue weighted by molar-refractivity contribution is 0.0717. The second-order valence-electron chi connectivity index (χ2n) is 7.52. The number of nitrogens with zero attached hydrogens (tertiary/aromatic N) is 3. The highest BCUT2D eigenvalue weighted by Gasteiger charge is 2.30. The molecule has 27 heavy (non-hydrogen) atoms. The Morgan fingerprint density at radius 2 is 2.15 bits per heavy atom. The van der Waals surface area contributed by atoms with Crippen molar-refractivity contribution in [2.24, 2.45) is 0 Å². The second kappa shape index (κ2) is 8.13. The first kappa shape index (κ1) is 18.7. The van der Waals surface area contributed by atoms with Crippen LogP contribution in [0.25, 0.3) is 11.4 Å². The third-order valence-electron chi connectivity index (χ3n) is 5.36. The highest BCUT2D eigenvalue weighted by molar-refractivity contribution is 6.30. The zero-order valence-corrected chi connectivity index (χ0v) is 16.5. The fourth-order valence-corrected chi connectivity index (χ4v) is 4.28. The predicted octanol–water partition coefficient (Wildman–Crippen LogP) is 3.65. The zero-order valence-electron chi connectivity index (χ0n) is 15.7. The van der Waals surface area contributed by atoms with E-state index in [1.807, 2.05) is 31.2 Å². The number of benzene rings is 1. The van der Waals surface area contributed by atoms with E-state index < -0.39 is 0 Å². The van der Waals surface area contributed by atoms with E-state index in [1.54, 1.807) is 0 Å². The molecule has 144 valence electrons. The number of hydrogen-bond acceptors (Lipinski definition) is 5. The van der Waals surface area contributed by atoms with Gasteiger partial charge >= 0.3 is 0 Å². The van der Waals surface area contributed by atoms with Crippen LogP contribution in [0.1, 0.15) is 37.4 Å². The average molecular weight is 388 g/mol. The Labute approximate surface area is 165 Å². The Balaban J connectivity index is 1.79. The lowest BCUT2D eigenvalue weighted by Gasteiger charge is -2.39. The average Bonchev–Trinajstić information content (AvgIpc) is 2.67. The van der Waals surface area contributed by atoms with Crippen LogP contribution in [0.2, 0.25) is 5.02 Å². The number of anilines is 1. The van der Waals surface area contributed by atoms with Crippen molar-refractivity contribution in [2.45, 2.75) is 51.2 Å². The highest BCUT2D eigenvalue weighted by Crippen LogP contribution is 2.33. The fourth-order valence-electron chi connectivity index (χ4n) is 4.09. The van der Waals surface area contributed by atoms with Crippen molar-refractivity contribution in [3.05, 3.63) is 40.5 Å². The quantitative estimate of drug-likeness (QED) is 0.867. The van der Waals surface area contributed by atoms with Gasteiger partial charge in [0.15, 0.2) is 5.82 Å². The van der Waals surface area contributed by atoms with E-state index in [0.29, 0.717) is 24.7 Å². The van der Waals surface area contributed by atoms with E-state index in [1.165, 1.54) is 18.4 Å². The van der Waals surface area contributed by atoms with Gasteiger partial charge in [-0.25, -0.2) is 9.97 Å². The van der Waals surface area contributed by atoms with Gasteiger partial charge in [-0.2, -0.15) is 0 Å². The number of hydrogen-bond donors (Lipinski definition) is 1. The first-order valence-electron chi connectivity index (χ1n) is 9.80. The van der Waals surface area contributed by atoms with Crippen LogP contribution in [0.3, 0.4) is 0 Å². The molecule has 0 saturated carbocycles. The number of aliphatic hydroxyl groups excluding tert-OH is 1. The first-order chi connectivity index (χ1) is 13.1. The second-order valence-corrected chi connectivity index (χ2v) is 7.96. The lowest BCUT2D eigenvalue weighted by atomic mass is 9.95. The Morgan fingerprint density at radius 1 is 1.30 bits per heavy atom. The molecule has 1 aliphatic carbocycles. The highest BCUT2D eigenvalue weighted by atomic mass is 35.5. The van der Waals surface area contributed by atoms with Gasteiger partial charge in [-0.3, -0.25) is 0 Å². The number of fused-ring (bicyclic) bond motifs is 1. The topological polar surface area (TPSA) is 58.5 Å². The van der Waals surface area contributed by atoms with Crippen molar-refractivity contribution in [1.82, 2.24) is 9.97 Å². The maximum atomic E-state index is 9.94. The number of aromatic nitrogens is 2. The lowest BCUT2D eigenvalue weighted by Crippen LogP contribution is -2.48. The fraction of sp³-hybridized carbons (Fsp3) is 0.524. The molecule has 0 bridgehead atoms. The maximum Gasteiger partial charge on any atom is 0.161 e. The zero-order chi connectivity index (χ0) is 18.8. The minimum Gasteiger partial charge on any atom is -0.393 e. The van der Waals surface area contributed by atoms with Crippen molar-refractivity contribution >= 4 is 17.4 Å². The SMILES string of the molecule is CC(O)CC1COCCN1c1nc(-c2cccc(Cl)c2)nc2c1CCCC2. The van der Waals surface area contributed by atoms with Crippen molar-refractivity contribution in [3.63, 3.8) is 0 Å². The molecule has 1 aromatic carbocycles. The van der Waals surface area contributed by atoms with Crippen LogP contribution in [-0.2, 0) is 17.6 Å². The molecule has 6 heteroatoms. The molecule has 0 amide bonds. The van der Waals surface area contributed by atoms with Gasteiger partial charge in [0.05, 0.1) is 25.4 Å². The molecule has 1 aromatic heterocycles. The van der Waals surface area contributed by atoms with Gasteiger partial charge in [0, 0.05) is 28.4 Å². The number of aryl methyl sites for hydroxylation is 1. The standard InChI is InChI=1S/C21H26ClN3O2/c1-14(26)11-17-13-27-10-9-25(17)21-18-7-2-3-8-19(18)23-20(24-21)15-5-4-6-16(22)12-15/h4-6,12,14,17,26H,2-3,7-11,13H2,1H3. The summed E-state index contributed by atoms with van der Waals surface area (Å²) in [7, 11) is 0. The summed E-state index contributed by atoms with van der Waals surface area (Å²) in [6, 6.07) is 7.86. The van der Waals surface area contributed by atoms with Crippen LogP contribution >= 0.6 is 11.6 Å². The molecule has 2 atom stereocenters. The van der Waals surface area contributed by atoms with Crippen LogP contribution in [0.4, 0.5) is 5.82 Å². The third-order valence-corrected chi connectivity index (χ3v) is 5.59. The summed E-state index contributed by atoms with van der Waals surface area (Å²) in [6.45, 7) is 3.92. The van der Waals surface area contributed by atoms with Gasteiger partial charge in [0.25, 0.3) is 0 Å². The summed E-state index contributed by atoms with van der Waals surface area (Å²) < 4.78 is 5.70. The number of ether oxygens (including phenoxy) is 1. The van der Waals surface area contributed by atoms with E-state index in [-0.39, 0.29) is 12.1 Å². The molecule has 0 spiro atoms. The van der Waals surface area contributed by atoms with Crippen molar-refractivity contribution in [1.29, 1.82) is 0 Å². The van der Waals surface area contributed by atoms with Crippen molar-refractivity contribution in [2.75, 3.05) is 24.7 Å². The molecule has 1 aliphatic heterocycles. The van der Waals surface area contributed by atoms with Crippen LogP contribution in [-0.4, -0.2) is 47.0 Å². The minimum atomic E-state index is -0.371. The monoisotopic (exact) mass is 387 g/mol. The molecule has 5 nitrogen and oxygen atoms in total.